The summed E-state index contributed by atoms with van der Waals surface area (Å²) < 4.78 is 51.6. The van der Waals surface area contributed by atoms with Crippen LogP contribution in [0.3, 0.4) is 0 Å². The van der Waals surface area contributed by atoms with Crippen LogP contribution in [-0.2, 0) is 20.6 Å². The molecule has 0 radical (unpaired) electrons. The third-order valence-corrected chi connectivity index (χ3v) is 4.90. The standard InChI is InChI=1S/C12H15FO5S2/c1-18-12-4-3-9(7-10(12)13)11(14)8-19(15)5-6-20(2,16)17/h3-4,7H,5-6,8H2,1-2H3. The van der Waals surface area contributed by atoms with E-state index in [1.165, 1.54) is 19.2 Å². The molecule has 0 saturated heterocycles. The molecule has 8 heteroatoms. The Labute approximate surface area is 119 Å². The van der Waals surface area contributed by atoms with Crippen LogP contribution in [0.5, 0.6) is 5.75 Å². The Hall–Kier alpha value is -1.28. The molecule has 0 saturated carbocycles. The molecule has 1 rings (SSSR count). The van der Waals surface area contributed by atoms with E-state index >= 15 is 0 Å². The molecule has 0 fully saturated rings. The van der Waals surface area contributed by atoms with Gasteiger partial charge in [0.2, 0.25) is 0 Å². The summed E-state index contributed by atoms with van der Waals surface area (Å²) in [5.74, 6) is -1.85. The fourth-order valence-electron chi connectivity index (χ4n) is 1.39. The van der Waals surface area contributed by atoms with Gasteiger partial charge in [0.25, 0.3) is 0 Å². The van der Waals surface area contributed by atoms with Crippen LogP contribution in [0.1, 0.15) is 10.4 Å². The predicted octanol–water partition coefficient (Wildman–Crippen LogP) is 0.810. The quantitative estimate of drug-likeness (QED) is 0.694. The summed E-state index contributed by atoms with van der Waals surface area (Å²) in [6, 6.07) is 3.69. The summed E-state index contributed by atoms with van der Waals surface area (Å²) in [5, 5.41) is 0. The lowest BCUT2D eigenvalue weighted by Crippen LogP contribution is -2.18. The highest BCUT2D eigenvalue weighted by Gasteiger charge is 2.14. The van der Waals surface area contributed by atoms with E-state index in [1.807, 2.05) is 0 Å². The summed E-state index contributed by atoms with van der Waals surface area (Å²) in [5.41, 5.74) is 0.0796. The second kappa shape index (κ2) is 6.94. The number of hydrogen-bond acceptors (Lipinski definition) is 5. The monoisotopic (exact) mass is 322 g/mol. The van der Waals surface area contributed by atoms with Gasteiger partial charge in [-0.3, -0.25) is 9.00 Å². The van der Waals surface area contributed by atoms with Gasteiger partial charge in [0, 0.05) is 28.4 Å². The normalized spacial score (nSPS) is 12.9. The highest BCUT2D eigenvalue weighted by atomic mass is 32.2. The van der Waals surface area contributed by atoms with E-state index in [0.717, 1.165) is 12.3 Å². The van der Waals surface area contributed by atoms with E-state index in [4.69, 9.17) is 4.74 Å². The number of rotatable bonds is 7. The summed E-state index contributed by atoms with van der Waals surface area (Å²) in [6.07, 6.45) is 1.03. The van der Waals surface area contributed by atoms with E-state index in [2.05, 4.69) is 0 Å². The Morgan fingerprint density at radius 1 is 1.40 bits per heavy atom. The number of Topliss-reactive ketones (excluding diaryl/α,β-unsaturated/α-hetero) is 1. The smallest absolute Gasteiger partial charge is 0.175 e. The van der Waals surface area contributed by atoms with Crippen LogP contribution < -0.4 is 4.74 Å². The molecule has 0 aliphatic carbocycles. The summed E-state index contributed by atoms with van der Waals surface area (Å²) in [6.45, 7) is 0. The van der Waals surface area contributed by atoms with Gasteiger partial charge < -0.3 is 4.74 Å². The fraction of sp³-hybridized carbons (Fsp3) is 0.417. The van der Waals surface area contributed by atoms with Gasteiger partial charge in [0.05, 0.1) is 18.6 Å². The van der Waals surface area contributed by atoms with Gasteiger partial charge in [-0.05, 0) is 18.2 Å². The molecule has 0 aliphatic heterocycles. The molecule has 1 atom stereocenters. The van der Waals surface area contributed by atoms with Gasteiger partial charge in [-0.15, -0.1) is 0 Å². The van der Waals surface area contributed by atoms with Crippen molar-refractivity contribution in [1.29, 1.82) is 0 Å². The first-order chi connectivity index (χ1) is 9.23. The van der Waals surface area contributed by atoms with Crippen LogP contribution >= 0.6 is 0 Å². The van der Waals surface area contributed by atoms with Crippen molar-refractivity contribution in [1.82, 2.24) is 0 Å². The Morgan fingerprint density at radius 3 is 2.55 bits per heavy atom. The largest absolute Gasteiger partial charge is 0.494 e. The zero-order valence-electron chi connectivity index (χ0n) is 11.1. The molecule has 0 aliphatic rings. The third-order valence-electron chi connectivity index (χ3n) is 2.45. The number of halogens is 1. The average Bonchev–Trinajstić information content (AvgIpc) is 2.35. The van der Waals surface area contributed by atoms with Crippen molar-refractivity contribution in [3.63, 3.8) is 0 Å². The number of methoxy groups -OCH3 is 1. The van der Waals surface area contributed by atoms with E-state index < -0.39 is 32.2 Å². The molecule has 1 unspecified atom stereocenters. The van der Waals surface area contributed by atoms with Crippen LogP contribution in [0.4, 0.5) is 4.39 Å². The van der Waals surface area contributed by atoms with Gasteiger partial charge >= 0.3 is 0 Å². The SMILES string of the molecule is COc1ccc(C(=O)CS(=O)CCS(C)(=O)=O)cc1F. The lowest BCUT2D eigenvalue weighted by molar-refractivity contribution is 0.102. The Balaban J connectivity index is 2.67. The Bertz CT molecular complexity index is 625. The Kier molecular flexibility index (Phi) is 5.82. The highest BCUT2D eigenvalue weighted by Crippen LogP contribution is 2.18. The summed E-state index contributed by atoms with van der Waals surface area (Å²) in [4.78, 5) is 11.8. The lowest BCUT2D eigenvalue weighted by Gasteiger charge is -2.05. The molecule has 0 heterocycles. The number of carbonyl (C=O) groups excluding carboxylic acids is 1. The minimum Gasteiger partial charge on any atom is -0.494 e. The molecule has 1 aromatic rings. The van der Waals surface area contributed by atoms with Gasteiger partial charge in [0.1, 0.15) is 9.84 Å². The van der Waals surface area contributed by atoms with Gasteiger partial charge in [0.15, 0.2) is 17.3 Å². The number of hydrogen-bond donors (Lipinski definition) is 0. The van der Waals surface area contributed by atoms with Crippen LogP contribution in [0.2, 0.25) is 0 Å². The average molecular weight is 322 g/mol. The molecule has 0 aromatic heterocycles. The maximum absolute atomic E-state index is 13.4. The van der Waals surface area contributed by atoms with Crippen molar-refractivity contribution in [2.45, 2.75) is 0 Å². The first-order valence-corrected chi connectivity index (χ1v) is 9.17. The van der Waals surface area contributed by atoms with E-state index in [0.29, 0.717) is 0 Å². The van der Waals surface area contributed by atoms with Crippen molar-refractivity contribution in [3.05, 3.63) is 29.6 Å². The van der Waals surface area contributed by atoms with Gasteiger partial charge in [-0.25, -0.2) is 12.8 Å². The molecule has 5 nitrogen and oxygen atoms in total. The van der Waals surface area contributed by atoms with Crippen LogP contribution in [-0.4, -0.2) is 49.0 Å². The molecule has 0 amide bonds. The zero-order chi connectivity index (χ0) is 15.3. The number of carbonyl (C=O) groups is 1. The molecule has 1 aromatic carbocycles. The van der Waals surface area contributed by atoms with Crippen LogP contribution in [0, 0.1) is 5.82 Å². The zero-order valence-corrected chi connectivity index (χ0v) is 12.7. The molecule has 0 spiro atoms. The molecule has 20 heavy (non-hydrogen) atoms. The van der Waals surface area contributed by atoms with E-state index in [1.54, 1.807) is 0 Å². The molecule has 0 bridgehead atoms. The van der Waals surface area contributed by atoms with E-state index in [9.17, 15) is 21.8 Å². The summed E-state index contributed by atoms with van der Waals surface area (Å²) >= 11 is 0. The minimum absolute atomic E-state index is 0.0137. The minimum atomic E-state index is -3.22. The van der Waals surface area contributed by atoms with Crippen molar-refractivity contribution < 1.29 is 26.5 Å². The van der Waals surface area contributed by atoms with Crippen LogP contribution in [0.25, 0.3) is 0 Å². The fourth-order valence-corrected chi connectivity index (χ4v) is 3.94. The molecular weight excluding hydrogens is 307 g/mol. The van der Waals surface area contributed by atoms with Crippen LogP contribution in [0.15, 0.2) is 18.2 Å². The van der Waals surface area contributed by atoms with Gasteiger partial charge in [-0.2, -0.15) is 0 Å². The number of benzene rings is 1. The molecule has 112 valence electrons. The highest BCUT2D eigenvalue weighted by molar-refractivity contribution is 7.92. The molecule has 0 N–H and O–H groups in total. The van der Waals surface area contributed by atoms with Crippen molar-refractivity contribution in [2.24, 2.45) is 0 Å². The van der Waals surface area contributed by atoms with Crippen molar-refractivity contribution in [2.75, 3.05) is 30.6 Å². The number of ketones is 1. The first kappa shape index (κ1) is 16.8. The maximum Gasteiger partial charge on any atom is 0.175 e. The third kappa shape index (κ3) is 5.38. The van der Waals surface area contributed by atoms with E-state index in [-0.39, 0.29) is 28.6 Å². The maximum atomic E-state index is 13.4. The predicted molar refractivity (Wildman–Crippen MR) is 74.9 cm³/mol. The molecular formula is C12H15FO5S2. The lowest BCUT2D eigenvalue weighted by atomic mass is 10.1. The topological polar surface area (TPSA) is 77.5 Å². The number of sulfone groups is 1. The second-order valence-corrected chi connectivity index (χ2v) is 8.03. The van der Waals surface area contributed by atoms with Crippen molar-refractivity contribution in [3.8, 4) is 5.75 Å². The first-order valence-electron chi connectivity index (χ1n) is 5.62. The van der Waals surface area contributed by atoms with Gasteiger partial charge in [-0.1, -0.05) is 0 Å². The second-order valence-electron chi connectivity index (χ2n) is 4.19. The number of ether oxygens (including phenoxy) is 1. The van der Waals surface area contributed by atoms with Crippen molar-refractivity contribution >= 4 is 26.4 Å². The summed E-state index contributed by atoms with van der Waals surface area (Å²) in [7, 11) is -3.50. The Morgan fingerprint density at radius 2 is 2.05 bits per heavy atom.